The number of aromatic nitrogens is 4. The van der Waals surface area contributed by atoms with Gasteiger partial charge in [0.05, 0.1) is 24.0 Å². The molecule has 1 aromatic carbocycles. The molecule has 1 fully saturated rings. The maximum atomic E-state index is 5.87. The van der Waals surface area contributed by atoms with Crippen LogP contribution < -0.4 is 4.90 Å². The highest BCUT2D eigenvalue weighted by Gasteiger charge is 2.19. The quantitative estimate of drug-likeness (QED) is 0.693. The standard InChI is InChI=1S/C19H21ClN6/c20-18-12-21-19(22-13-18)25-10-8-24(9-11-25)14-16-4-1-2-5-17(16)15-26-7-3-6-23-26/h1-7,12-13H,8-11,14-15H2. The zero-order valence-corrected chi connectivity index (χ0v) is 15.3. The number of nitrogens with zero attached hydrogens (tertiary/aromatic N) is 6. The number of piperazine rings is 1. The average molecular weight is 369 g/mol. The minimum atomic E-state index is 0.571. The van der Waals surface area contributed by atoms with Crippen LogP contribution in [0.5, 0.6) is 0 Å². The van der Waals surface area contributed by atoms with Gasteiger partial charge in [-0.2, -0.15) is 5.10 Å². The van der Waals surface area contributed by atoms with Crippen LogP contribution in [-0.4, -0.2) is 50.8 Å². The molecule has 1 aliphatic heterocycles. The molecule has 0 saturated carbocycles. The Kier molecular flexibility index (Phi) is 5.13. The Bertz CT molecular complexity index is 826. The fraction of sp³-hybridized carbons (Fsp3) is 0.316. The Balaban J connectivity index is 1.38. The van der Waals surface area contributed by atoms with Gasteiger partial charge in [-0.1, -0.05) is 35.9 Å². The first kappa shape index (κ1) is 17.0. The number of anilines is 1. The first-order valence-electron chi connectivity index (χ1n) is 8.77. The lowest BCUT2D eigenvalue weighted by Gasteiger charge is -2.35. The summed E-state index contributed by atoms with van der Waals surface area (Å²) >= 11 is 5.87. The van der Waals surface area contributed by atoms with Crippen molar-refractivity contribution in [2.24, 2.45) is 0 Å². The Hall–Kier alpha value is -2.44. The van der Waals surface area contributed by atoms with Gasteiger partial charge in [0.15, 0.2) is 0 Å². The minimum Gasteiger partial charge on any atom is -0.338 e. The van der Waals surface area contributed by atoms with E-state index in [2.05, 4.69) is 49.1 Å². The van der Waals surface area contributed by atoms with Gasteiger partial charge >= 0.3 is 0 Å². The molecule has 0 atom stereocenters. The molecule has 0 bridgehead atoms. The van der Waals surface area contributed by atoms with E-state index in [1.54, 1.807) is 12.4 Å². The number of halogens is 1. The third-order valence-electron chi connectivity index (χ3n) is 4.67. The Morgan fingerprint density at radius 2 is 1.58 bits per heavy atom. The highest BCUT2D eigenvalue weighted by atomic mass is 35.5. The van der Waals surface area contributed by atoms with Gasteiger partial charge in [0, 0.05) is 45.1 Å². The van der Waals surface area contributed by atoms with E-state index >= 15 is 0 Å². The fourth-order valence-corrected chi connectivity index (χ4v) is 3.35. The van der Waals surface area contributed by atoms with Gasteiger partial charge in [-0.05, 0) is 17.2 Å². The van der Waals surface area contributed by atoms with Crippen molar-refractivity contribution in [1.82, 2.24) is 24.6 Å². The molecule has 0 spiro atoms. The molecular weight excluding hydrogens is 348 g/mol. The molecule has 3 heterocycles. The van der Waals surface area contributed by atoms with E-state index in [0.717, 1.165) is 45.2 Å². The second kappa shape index (κ2) is 7.85. The molecular formula is C19H21ClN6. The molecule has 26 heavy (non-hydrogen) atoms. The van der Waals surface area contributed by atoms with Crippen LogP contribution in [0.2, 0.25) is 5.02 Å². The lowest BCUT2D eigenvalue weighted by Crippen LogP contribution is -2.46. The summed E-state index contributed by atoms with van der Waals surface area (Å²) in [7, 11) is 0. The zero-order valence-electron chi connectivity index (χ0n) is 14.5. The summed E-state index contributed by atoms with van der Waals surface area (Å²) in [5.74, 6) is 0.758. The molecule has 4 rings (SSSR count). The highest BCUT2D eigenvalue weighted by molar-refractivity contribution is 6.30. The molecule has 0 unspecified atom stereocenters. The third kappa shape index (κ3) is 4.03. The van der Waals surface area contributed by atoms with Crippen LogP contribution in [0.25, 0.3) is 0 Å². The van der Waals surface area contributed by atoms with E-state index in [-0.39, 0.29) is 0 Å². The Labute approximate surface area is 158 Å². The predicted octanol–water partition coefficient (Wildman–Crippen LogP) is 2.70. The van der Waals surface area contributed by atoms with Crippen molar-refractivity contribution >= 4 is 17.5 Å². The SMILES string of the molecule is Clc1cnc(N2CCN(Cc3ccccc3Cn3cccn3)CC2)nc1. The van der Waals surface area contributed by atoms with Crippen molar-refractivity contribution in [3.63, 3.8) is 0 Å². The van der Waals surface area contributed by atoms with E-state index in [1.165, 1.54) is 11.1 Å². The second-order valence-corrected chi connectivity index (χ2v) is 6.87. The van der Waals surface area contributed by atoms with Crippen molar-refractivity contribution in [1.29, 1.82) is 0 Å². The largest absolute Gasteiger partial charge is 0.338 e. The first-order chi connectivity index (χ1) is 12.8. The van der Waals surface area contributed by atoms with Crippen molar-refractivity contribution in [3.05, 3.63) is 71.3 Å². The van der Waals surface area contributed by atoms with Crippen LogP contribution in [-0.2, 0) is 13.1 Å². The number of rotatable bonds is 5. The summed E-state index contributed by atoms with van der Waals surface area (Å²) in [6, 6.07) is 10.6. The highest BCUT2D eigenvalue weighted by Crippen LogP contribution is 2.17. The van der Waals surface area contributed by atoms with E-state index < -0.39 is 0 Å². The minimum absolute atomic E-state index is 0.571. The van der Waals surface area contributed by atoms with Crippen LogP contribution >= 0.6 is 11.6 Å². The summed E-state index contributed by atoms with van der Waals surface area (Å²) in [5.41, 5.74) is 2.68. The van der Waals surface area contributed by atoms with E-state index in [0.29, 0.717) is 5.02 Å². The van der Waals surface area contributed by atoms with Gasteiger partial charge in [0.2, 0.25) is 5.95 Å². The molecule has 3 aromatic rings. The summed E-state index contributed by atoms with van der Waals surface area (Å²) < 4.78 is 1.97. The normalized spacial score (nSPS) is 15.3. The average Bonchev–Trinajstić information content (AvgIpc) is 3.18. The van der Waals surface area contributed by atoms with Gasteiger partial charge in [0.1, 0.15) is 0 Å². The summed E-state index contributed by atoms with van der Waals surface area (Å²) in [4.78, 5) is 13.3. The molecule has 0 amide bonds. The lowest BCUT2D eigenvalue weighted by atomic mass is 10.1. The van der Waals surface area contributed by atoms with Crippen LogP contribution in [0.3, 0.4) is 0 Å². The molecule has 0 aliphatic carbocycles. The van der Waals surface area contributed by atoms with E-state index in [1.807, 2.05) is 23.1 Å². The Morgan fingerprint density at radius 1 is 0.885 bits per heavy atom. The third-order valence-corrected chi connectivity index (χ3v) is 4.86. The van der Waals surface area contributed by atoms with Crippen molar-refractivity contribution in [3.8, 4) is 0 Å². The summed E-state index contributed by atoms with van der Waals surface area (Å²) in [6.07, 6.45) is 7.13. The summed E-state index contributed by atoms with van der Waals surface area (Å²) in [5, 5.41) is 4.89. The number of hydrogen-bond acceptors (Lipinski definition) is 5. The van der Waals surface area contributed by atoms with Crippen LogP contribution in [0.15, 0.2) is 55.1 Å². The zero-order chi connectivity index (χ0) is 17.8. The molecule has 1 aliphatic rings. The van der Waals surface area contributed by atoms with Crippen LogP contribution in [0, 0.1) is 0 Å². The molecule has 0 radical (unpaired) electrons. The first-order valence-corrected chi connectivity index (χ1v) is 9.15. The number of benzene rings is 1. The van der Waals surface area contributed by atoms with Crippen molar-refractivity contribution < 1.29 is 0 Å². The predicted molar refractivity (Wildman–Crippen MR) is 102 cm³/mol. The van der Waals surface area contributed by atoms with E-state index in [4.69, 9.17) is 11.6 Å². The molecule has 6 nitrogen and oxygen atoms in total. The lowest BCUT2D eigenvalue weighted by molar-refractivity contribution is 0.248. The van der Waals surface area contributed by atoms with Crippen molar-refractivity contribution in [2.45, 2.75) is 13.1 Å². The molecule has 0 N–H and O–H groups in total. The monoisotopic (exact) mass is 368 g/mol. The van der Waals surface area contributed by atoms with Gasteiger partial charge in [0.25, 0.3) is 0 Å². The van der Waals surface area contributed by atoms with Gasteiger partial charge in [-0.3, -0.25) is 9.58 Å². The smallest absolute Gasteiger partial charge is 0.225 e. The molecule has 2 aromatic heterocycles. The maximum absolute atomic E-state index is 5.87. The second-order valence-electron chi connectivity index (χ2n) is 6.44. The van der Waals surface area contributed by atoms with Gasteiger partial charge in [-0.25, -0.2) is 9.97 Å². The fourth-order valence-electron chi connectivity index (χ4n) is 3.25. The molecule has 134 valence electrons. The van der Waals surface area contributed by atoms with Gasteiger partial charge in [-0.15, -0.1) is 0 Å². The topological polar surface area (TPSA) is 50.1 Å². The molecule has 7 heteroatoms. The van der Waals surface area contributed by atoms with Gasteiger partial charge < -0.3 is 4.90 Å². The summed E-state index contributed by atoms with van der Waals surface area (Å²) in [6.45, 7) is 5.57. The Morgan fingerprint density at radius 3 is 2.23 bits per heavy atom. The number of hydrogen-bond donors (Lipinski definition) is 0. The van der Waals surface area contributed by atoms with Crippen molar-refractivity contribution in [2.75, 3.05) is 31.1 Å². The maximum Gasteiger partial charge on any atom is 0.225 e. The van der Waals surface area contributed by atoms with Crippen LogP contribution in [0.4, 0.5) is 5.95 Å². The van der Waals surface area contributed by atoms with Crippen LogP contribution in [0.1, 0.15) is 11.1 Å². The van der Waals surface area contributed by atoms with E-state index in [9.17, 15) is 0 Å². The molecule has 1 saturated heterocycles.